The molecule has 4 heteroatoms. The number of hydrogen-bond donors (Lipinski definition) is 0. The van der Waals surface area contributed by atoms with Crippen LogP contribution in [0.1, 0.15) is 64.1 Å². The van der Waals surface area contributed by atoms with E-state index in [0.717, 1.165) is 18.5 Å². The molecule has 1 aromatic rings. The van der Waals surface area contributed by atoms with E-state index < -0.39 is 0 Å². The highest BCUT2D eigenvalue weighted by molar-refractivity contribution is 4.94. The lowest BCUT2D eigenvalue weighted by Gasteiger charge is -2.31. The van der Waals surface area contributed by atoms with Gasteiger partial charge in [0.1, 0.15) is 0 Å². The van der Waals surface area contributed by atoms with Crippen LogP contribution in [0.2, 0.25) is 0 Å². The summed E-state index contributed by atoms with van der Waals surface area (Å²) >= 11 is 0. The van der Waals surface area contributed by atoms with E-state index in [9.17, 15) is 0 Å². The van der Waals surface area contributed by atoms with Crippen LogP contribution < -0.4 is 0 Å². The third kappa shape index (κ3) is 4.30. The van der Waals surface area contributed by atoms with Gasteiger partial charge in [-0.25, -0.2) is 4.68 Å². The molecule has 108 valence electrons. The number of hydrogen-bond acceptors (Lipinski definition) is 3. The minimum Gasteiger partial charge on any atom is -0.303 e. The number of aryl methyl sites for hydroxylation is 1. The molecular weight excluding hydrogens is 236 g/mol. The van der Waals surface area contributed by atoms with Crippen molar-refractivity contribution in [1.29, 1.82) is 0 Å². The maximum absolute atomic E-state index is 4.31. The monoisotopic (exact) mass is 264 g/mol. The number of aromatic nitrogens is 3. The third-order valence-corrected chi connectivity index (χ3v) is 4.07. The standard InChI is InChI=1S/C15H28N4/c1-3-5-6-10-18-11-8-15(9-12-18)19-13-14(7-4-2)16-17-19/h13,15H,3-12H2,1-2H3. The fraction of sp³-hybridized carbons (Fsp3) is 0.867. The fourth-order valence-electron chi connectivity index (χ4n) is 2.86. The molecule has 1 fully saturated rings. The molecule has 1 aliphatic heterocycles. The van der Waals surface area contributed by atoms with Crippen LogP contribution in [0, 0.1) is 0 Å². The summed E-state index contributed by atoms with van der Waals surface area (Å²) in [6.07, 6.45) is 10.8. The topological polar surface area (TPSA) is 34.0 Å². The number of nitrogens with zero attached hydrogens (tertiary/aromatic N) is 4. The van der Waals surface area contributed by atoms with Gasteiger partial charge in [-0.3, -0.25) is 0 Å². The van der Waals surface area contributed by atoms with Crippen molar-refractivity contribution < 1.29 is 0 Å². The first kappa shape index (κ1) is 14.5. The molecule has 0 bridgehead atoms. The van der Waals surface area contributed by atoms with Crippen molar-refractivity contribution in [3.63, 3.8) is 0 Å². The third-order valence-electron chi connectivity index (χ3n) is 4.07. The normalized spacial score (nSPS) is 18.0. The zero-order valence-electron chi connectivity index (χ0n) is 12.5. The maximum Gasteiger partial charge on any atom is 0.0827 e. The lowest BCUT2D eigenvalue weighted by Crippen LogP contribution is -2.35. The zero-order chi connectivity index (χ0) is 13.5. The highest BCUT2D eigenvalue weighted by Crippen LogP contribution is 2.22. The SMILES string of the molecule is CCCCCN1CCC(n2cc(CCC)nn2)CC1. The Balaban J connectivity index is 1.75. The molecule has 1 saturated heterocycles. The van der Waals surface area contributed by atoms with Crippen molar-refractivity contribution in [3.8, 4) is 0 Å². The maximum atomic E-state index is 4.31. The highest BCUT2D eigenvalue weighted by Gasteiger charge is 2.21. The molecule has 2 rings (SSSR count). The summed E-state index contributed by atoms with van der Waals surface area (Å²) in [5.74, 6) is 0. The quantitative estimate of drug-likeness (QED) is 0.710. The molecule has 1 aromatic heterocycles. The van der Waals surface area contributed by atoms with Crippen LogP contribution >= 0.6 is 0 Å². The molecule has 1 aliphatic rings. The van der Waals surface area contributed by atoms with Crippen LogP contribution in [0.25, 0.3) is 0 Å². The summed E-state index contributed by atoms with van der Waals surface area (Å²) in [6.45, 7) is 8.17. The number of likely N-dealkylation sites (tertiary alicyclic amines) is 1. The van der Waals surface area contributed by atoms with E-state index in [2.05, 4.69) is 39.9 Å². The number of rotatable bonds is 7. The number of piperidine rings is 1. The Kier molecular flexibility index (Phi) is 5.83. The smallest absolute Gasteiger partial charge is 0.0827 e. The minimum absolute atomic E-state index is 0.570. The summed E-state index contributed by atoms with van der Waals surface area (Å²) in [4.78, 5) is 2.61. The predicted octanol–water partition coefficient (Wildman–Crippen LogP) is 3.06. The first-order valence-electron chi connectivity index (χ1n) is 7.96. The molecular formula is C15H28N4. The minimum atomic E-state index is 0.570. The van der Waals surface area contributed by atoms with Gasteiger partial charge in [-0.2, -0.15) is 0 Å². The Hall–Kier alpha value is -0.900. The first-order valence-corrected chi connectivity index (χ1v) is 7.96. The summed E-state index contributed by atoms with van der Waals surface area (Å²) in [5, 5.41) is 8.57. The summed E-state index contributed by atoms with van der Waals surface area (Å²) in [7, 11) is 0. The largest absolute Gasteiger partial charge is 0.303 e. The van der Waals surface area contributed by atoms with Gasteiger partial charge in [0, 0.05) is 19.3 Å². The predicted molar refractivity (Wildman–Crippen MR) is 78.3 cm³/mol. The Labute approximate surface area is 117 Å². The van der Waals surface area contributed by atoms with E-state index in [1.807, 2.05) is 0 Å². The average Bonchev–Trinajstić information content (AvgIpc) is 2.89. The van der Waals surface area contributed by atoms with Crippen LogP contribution in [-0.2, 0) is 6.42 Å². The Bertz CT molecular complexity index is 353. The van der Waals surface area contributed by atoms with Crippen LogP contribution in [0.4, 0.5) is 0 Å². The van der Waals surface area contributed by atoms with E-state index in [-0.39, 0.29) is 0 Å². The molecule has 2 heterocycles. The van der Waals surface area contributed by atoms with Crippen LogP contribution in [0.3, 0.4) is 0 Å². The van der Waals surface area contributed by atoms with Gasteiger partial charge in [0.15, 0.2) is 0 Å². The molecule has 4 nitrogen and oxygen atoms in total. The van der Waals surface area contributed by atoms with Crippen LogP contribution in [0.15, 0.2) is 6.20 Å². The van der Waals surface area contributed by atoms with E-state index >= 15 is 0 Å². The summed E-state index contributed by atoms with van der Waals surface area (Å²) in [6, 6.07) is 0.570. The molecule has 0 atom stereocenters. The zero-order valence-corrected chi connectivity index (χ0v) is 12.5. The lowest BCUT2D eigenvalue weighted by atomic mass is 10.0. The van der Waals surface area contributed by atoms with Gasteiger partial charge in [-0.1, -0.05) is 38.3 Å². The molecule has 19 heavy (non-hydrogen) atoms. The average molecular weight is 264 g/mol. The Morgan fingerprint density at radius 2 is 1.95 bits per heavy atom. The van der Waals surface area contributed by atoms with Gasteiger partial charge in [0.2, 0.25) is 0 Å². The fourth-order valence-corrected chi connectivity index (χ4v) is 2.86. The van der Waals surface area contributed by atoms with E-state index in [1.54, 1.807) is 0 Å². The van der Waals surface area contributed by atoms with Gasteiger partial charge in [-0.05, 0) is 32.2 Å². The van der Waals surface area contributed by atoms with Crippen molar-refractivity contribution in [2.45, 2.75) is 64.8 Å². The molecule has 0 amide bonds. The van der Waals surface area contributed by atoms with E-state index in [1.165, 1.54) is 51.7 Å². The van der Waals surface area contributed by atoms with Crippen molar-refractivity contribution in [2.24, 2.45) is 0 Å². The second kappa shape index (κ2) is 7.63. The van der Waals surface area contributed by atoms with E-state index in [4.69, 9.17) is 0 Å². The Morgan fingerprint density at radius 3 is 2.63 bits per heavy atom. The van der Waals surface area contributed by atoms with Crippen molar-refractivity contribution >= 4 is 0 Å². The molecule has 0 aromatic carbocycles. The summed E-state index contributed by atoms with van der Waals surface area (Å²) in [5.41, 5.74) is 1.15. The van der Waals surface area contributed by atoms with Crippen molar-refractivity contribution in [2.75, 3.05) is 19.6 Å². The molecule has 0 aliphatic carbocycles. The van der Waals surface area contributed by atoms with Crippen LogP contribution in [-0.4, -0.2) is 39.5 Å². The van der Waals surface area contributed by atoms with Gasteiger partial charge in [0.25, 0.3) is 0 Å². The Morgan fingerprint density at radius 1 is 1.16 bits per heavy atom. The molecule has 0 saturated carbocycles. The van der Waals surface area contributed by atoms with Gasteiger partial charge < -0.3 is 4.90 Å². The van der Waals surface area contributed by atoms with Crippen molar-refractivity contribution in [1.82, 2.24) is 19.9 Å². The van der Waals surface area contributed by atoms with Gasteiger partial charge in [0.05, 0.1) is 11.7 Å². The lowest BCUT2D eigenvalue weighted by molar-refractivity contribution is 0.176. The molecule has 0 radical (unpaired) electrons. The summed E-state index contributed by atoms with van der Waals surface area (Å²) < 4.78 is 2.11. The second-order valence-electron chi connectivity index (χ2n) is 5.72. The van der Waals surface area contributed by atoms with Crippen LogP contribution in [0.5, 0.6) is 0 Å². The number of unbranched alkanes of at least 4 members (excludes halogenated alkanes) is 2. The highest BCUT2D eigenvalue weighted by atomic mass is 15.4. The first-order chi connectivity index (χ1) is 9.33. The second-order valence-corrected chi connectivity index (χ2v) is 5.72. The molecule has 0 unspecified atom stereocenters. The van der Waals surface area contributed by atoms with Crippen molar-refractivity contribution in [3.05, 3.63) is 11.9 Å². The van der Waals surface area contributed by atoms with E-state index in [0.29, 0.717) is 6.04 Å². The van der Waals surface area contributed by atoms with Gasteiger partial charge in [-0.15, -0.1) is 5.10 Å². The molecule has 0 N–H and O–H groups in total. The van der Waals surface area contributed by atoms with Gasteiger partial charge >= 0.3 is 0 Å². The molecule has 0 spiro atoms.